The van der Waals surface area contributed by atoms with Gasteiger partial charge in [-0.05, 0) is 36.4 Å². The van der Waals surface area contributed by atoms with Crippen LogP contribution in [-0.4, -0.2) is 17.8 Å². The molecule has 2 aromatic carbocycles. The average Bonchev–Trinajstić information content (AvgIpc) is 2.77. The highest BCUT2D eigenvalue weighted by Crippen LogP contribution is 2.29. The molecule has 0 aliphatic rings. The fraction of sp³-hybridized carbons (Fsp3) is 0. The van der Waals surface area contributed by atoms with Crippen LogP contribution >= 0.6 is 0 Å². The molecule has 0 radical (unpaired) electrons. The van der Waals surface area contributed by atoms with Gasteiger partial charge < -0.3 is 15.6 Å². The number of hydrogen-bond acceptors (Lipinski definition) is 2. The Kier molecular flexibility index (Phi) is 2.64. The number of aromatic amines is 1. The van der Waals surface area contributed by atoms with E-state index in [-0.39, 0.29) is 0 Å². The molecule has 0 fully saturated rings. The first-order valence-electron chi connectivity index (χ1n) is 5.77. The topological polar surface area (TPSA) is 74.0 Å². The first kappa shape index (κ1) is 11.3. The van der Waals surface area contributed by atoms with Gasteiger partial charge in [-0.2, -0.15) is 0 Å². The summed E-state index contributed by atoms with van der Waals surface area (Å²) in [5.74, 6) is 0. The van der Waals surface area contributed by atoms with Crippen molar-refractivity contribution in [3.05, 3.63) is 36.4 Å². The second kappa shape index (κ2) is 4.45. The molecule has 0 saturated heterocycles. The normalized spacial score (nSPS) is 10.5. The fourth-order valence-electron chi connectivity index (χ4n) is 2.21. The first-order chi connectivity index (χ1) is 9.31. The van der Waals surface area contributed by atoms with Crippen molar-refractivity contribution in [2.75, 3.05) is 10.6 Å². The SMILES string of the molecule is O=CNc1ccc2[nH]c3ccc(NC=O)cc3c2c1. The molecule has 3 rings (SSSR count). The molecule has 0 spiro atoms. The van der Waals surface area contributed by atoms with Gasteiger partial charge in [0, 0.05) is 33.2 Å². The summed E-state index contributed by atoms with van der Waals surface area (Å²) < 4.78 is 0. The summed E-state index contributed by atoms with van der Waals surface area (Å²) in [5, 5.41) is 7.25. The molecule has 5 heteroatoms. The molecule has 0 aliphatic heterocycles. The van der Waals surface area contributed by atoms with E-state index in [1.165, 1.54) is 0 Å². The van der Waals surface area contributed by atoms with Gasteiger partial charge in [0.2, 0.25) is 12.8 Å². The summed E-state index contributed by atoms with van der Waals surface area (Å²) in [6, 6.07) is 11.3. The number of H-pyrrole nitrogens is 1. The van der Waals surface area contributed by atoms with E-state index >= 15 is 0 Å². The van der Waals surface area contributed by atoms with Crippen LogP contribution < -0.4 is 10.6 Å². The van der Waals surface area contributed by atoms with Gasteiger partial charge in [0.1, 0.15) is 0 Å². The highest BCUT2D eigenvalue weighted by molar-refractivity contribution is 6.09. The Morgan fingerprint density at radius 3 is 1.68 bits per heavy atom. The van der Waals surface area contributed by atoms with Crippen LogP contribution in [0, 0.1) is 0 Å². The largest absolute Gasteiger partial charge is 0.355 e. The van der Waals surface area contributed by atoms with Crippen molar-refractivity contribution in [2.24, 2.45) is 0 Å². The Labute approximate surface area is 108 Å². The molecule has 2 amide bonds. The number of hydrogen-bond donors (Lipinski definition) is 3. The third kappa shape index (κ3) is 1.91. The summed E-state index contributed by atoms with van der Waals surface area (Å²) in [4.78, 5) is 24.3. The Bertz CT molecular complexity index is 713. The minimum absolute atomic E-state index is 0.648. The smallest absolute Gasteiger partial charge is 0.211 e. The monoisotopic (exact) mass is 253 g/mol. The second-order valence-electron chi connectivity index (χ2n) is 4.17. The highest BCUT2D eigenvalue weighted by atomic mass is 16.1. The zero-order valence-electron chi connectivity index (χ0n) is 9.94. The predicted molar refractivity (Wildman–Crippen MR) is 75.2 cm³/mol. The van der Waals surface area contributed by atoms with E-state index in [9.17, 15) is 9.59 Å². The van der Waals surface area contributed by atoms with Crippen LogP contribution in [-0.2, 0) is 9.59 Å². The van der Waals surface area contributed by atoms with Crippen LogP contribution in [0.15, 0.2) is 36.4 Å². The molecule has 0 bridgehead atoms. The molecule has 0 unspecified atom stereocenters. The number of benzene rings is 2. The number of aromatic nitrogens is 1. The van der Waals surface area contributed by atoms with E-state index in [0.717, 1.165) is 33.2 Å². The Balaban J connectivity index is 2.24. The van der Waals surface area contributed by atoms with Crippen LogP contribution in [0.1, 0.15) is 0 Å². The van der Waals surface area contributed by atoms with Crippen molar-refractivity contribution in [1.29, 1.82) is 0 Å². The number of amides is 2. The number of carbonyl (C=O) groups excluding carboxylic acids is 2. The average molecular weight is 253 g/mol. The molecular weight excluding hydrogens is 242 g/mol. The molecular formula is C14H11N3O2. The van der Waals surface area contributed by atoms with E-state index in [2.05, 4.69) is 15.6 Å². The van der Waals surface area contributed by atoms with Crippen molar-refractivity contribution >= 4 is 46.0 Å². The second-order valence-corrected chi connectivity index (χ2v) is 4.17. The van der Waals surface area contributed by atoms with Crippen LogP contribution in [0.3, 0.4) is 0 Å². The molecule has 5 nitrogen and oxygen atoms in total. The van der Waals surface area contributed by atoms with E-state index in [0.29, 0.717) is 12.8 Å². The van der Waals surface area contributed by atoms with Gasteiger partial charge in [0.05, 0.1) is 0 Å². The Hall–Kier alpha value is -2.82. The van der Waals surface area contributed by atoms with Crippen LogP contribution in [0.2, 0.25) is 0 Å². The summed E-state index contributed by atoms with van der Waals surface area (Å²) in [6.45, 7) is 0. The van der Waals surface area contributed by atoms with E-state index in [4.69, 9.17) is 0 Å². The van der Waals surface area contributed by atoms with E-state index < -0.39 is 0 Å². The van der Waals surface area contributed by atoms with E-state index in [1.54, 1.807) is 0 Å². The molecule has 1 aromatic heterocycles. The molecule has 0 aliphatic carbocycles. The lowest BCUT2D eigenvalue weighted by molar-refractivity contribution is -0.106. The zero-order chi connectivity index (χ0) is 13.2. The van der Waals surface area contributed by atoms with Crippen molar-refractivity contribution in [2.45, 2.75) is 0 Å². The number of rotatable bonds is 4. The number of nitrogens with one attached hydrogen (secondary N) is 3. The molecule has 0 saturated carbocycles. The lowest BCUT2D eigenvalue weighted by Crippen LogP contribution is -1.93. The third-order valence-electron chi connectivity index (χ3n) is 3.05. The van der Waals surface area contributed by atoms with E-state index in [1.807, 2.05) is 36.4 Å². The van der Waals surface area contributed by atoms with Gasteiger partial charge in [0.25, 0.3) is 0 Å². The van der Waals surface area contributed by atoms with Crippen molar-refractivity contribution < 1.29 is 9.59 Å². The van der Waals surface area contributed by atoms with Gasteiger partial charge >= 0.3 is 0 Å². The highest BCUT2D eigenvalue weighted by Gasteiger charge is 2.05. The standard InChI is InChI=1S/C14H11N3O2/c18-7-15-9-1-3-13-11(5-9)12-6-10(16-8-19)2-4-14(12)17-13/h1-8,17H,(H,15,18)(H,16,19). The fourth-order valence-corrected chi connectivity index (χ4v) is 2.21. The molecule has 1 heterocycles. The van der Waals surface area contributed by atoms with Gasteiger partial charge in [-0.25, -0.2) is 0 Å². The summed E-state index contributed by atoms with van der Waals surface area (Å²) in [6.07, 6.45) is 1.30. The van der Waals surface area contributed by atoms with Crippen LogP contribution in [0.4, 0.5) is 11.4 Å². The van der Waals surface area contributed by atoms with Crippen LogP contribution in [0.25, 0.3) is 21.8 Å². The lowest BCUT2D eigenvalue weighted by atomic mass is 10.1. The minimum Gasteiger partial charge on any atom is -0.355 e. The summed E-state index contributed by atoms with van der Waals surface area (Å²) in [5.41, 5.74) is 3.43. The maximum absolute atomic E-state index is 10.5. The van der Waals surface area contributed by atoms with Gasteiger partial charge in [-0.15, -0.1) is 0 Å². The van der Waals surface area contributed by atoms with Gasteiger partial charge in [-0.3, -0.25) is 9.59 Å². The maximum Gasteiger partial charge on any atom is 0.211 e. The van der Waals surface area contributed by atoms with Gasteiger partial charge in [0.15, 0.2) is 0 Å². The minimum atomic E-state index is 0.648. The maximum atomic E-state index is 10.5. The quantitative estimate of drug-likeness (QED) is 0.625. The molecule has 3 N–H and O–H groups in total. The Morgan fingerprint density at radius 2 is 1.26 bits per heavy atom. The van der Waals surface area contributed by atoms with Crippen molar-refractivity contribution in [1.82, 2.24) is 4.98 Å². The molecule has 19 heavy (non-hydrogen) atoms. The lowest BCUT2D eigenvalue weighted by Gasteiger charge is -2.00. The van der Waals surface area contributed by atoms with Crippen molar-refractivity contribution in [3.63, 3.8) is 0 Å². The zero-order valence-corrected chi connectivity index (χ0v) is 9.94. The molecule has 0 atom stereocenters. The molecule has 3 aromatic rings. The third-order valence-corrected chi connectivity index (χ3v) is 3.05. The predicted octanol–water partition coefficient (Wildman–Crippen LogP) is 2.46. The van der Waals surface area contributed by atoms with Crippen LogP contribution in [0.5, 0.6) is 0 Å². The van der Waals surface area contributed by atoms with Gasteiger partial charge in [-0.1, -0.05) is 0 Å². The first-order valence-corrected chi connectivity index (χ1v) is 5.77. The summed E-state index contributed by atoms with van der Waals surface area (Å²) >= 11 is 0. The number of carbonyl (C=O) groups is 2. The molecule has 94 valence electrons. The summed E-state index contributed by atoms with van der Waals surface area (Å²) in [7, 11) is 0. The number of fused-ring (bicyclic) bond motifs is 3. The Morgan fingerprint density at radius 1 is 0.789 bits per heavy atom. The van der Waals surface area contributed by atoms with Crippen molar-refractivity contribution in [3.8, 4) is 0 Å². The number of anilines is 2.